The van der Waals surface area contributed by atoms with Crippen molar-refractivity contribution in [2.45, 2.75) is 36.7 Å². The second kappa shape index (κ2) is 7.15. The Morgan fingerprint density at radius 3 is 2.36 bits per heavy atom. The van der Waals surface area contributed by atoms with E-state index in [1.165, 1.54) is 24.3 Å². The predicted molar refractivity (Wildman–Crippen MR) is 97.1 cm³/mol. The van der Waals surface area contributed by atoms with Gasteiger partial charge in [0, 0.05) is 16.6 Å². The van der Waals surface area contributed by atoms with Crippen LogP contribution in [0.5, 0.6) is 0 Å². The van der Waals surface area contributed by atoms with Gasteiger partial charge in [-0.25, -0.2) is 13.1 Å². The molecule has 0 aromatic heterocycles. The van der Waals surface area contributed by atoms with Gasteiger partial charge in [0.05, 0.1) is 10.9 Å². The number of hydrogen-bond acceptors (Lipinski definition) is 3. The van der Waals surface area contributed by atoms with Crippen LogP contribution in [0.1, 0.15) is 41.7 Å². The molecule has 0 saturated heterocycles. The standard InChI is InChI=1S/C18H19ClN2O3S/c1-12(16-4-2-3-5-17(16)19)20-18(22)13-6-10-15(11-7-13)25(23,24)21-14-8-9-14/h2-7,10-12,14,21H,8-9H2,1H3,(H,20,22)/t12-/m0/s1. The summed E-state index contributed by atoms with van der Waals surface area (Å²) in [5.41, 5.74) is 1.22. The van der Waals surface area contributed by atoms with Crippen molar-refractivity contribution in [3.05, 3.63) is 64.7 Å². The third-order valence-electron chi connectivity index (χ3n) is 4.05. The molecule has 2 aromatic carbocycles. The quantitative estimate of drug-likeness (QED) is 0.810. The monoisotopic (exact) mass is 378 g/mol. The van der Waals surface area contributed by atoms with Gasteiger partial charge in [-0.15, -0.1) is 0 Å². The Morgan fingerprint density at radius 1 is 1.12 bits per heavy atom. The number of nitrogens with one attached hydrogen (secondary N) is 2. The van der Waals surface area contributed by atoms with Gasteiger partial charge in [-0.1, -0.05) is 29.8 Å². The van der Waals surface area contributed by atoms with Crippen molar-refractivity contribution in [2.75, 3.05) is 0 Å². The zero-order valence-electron chi connectivity index (χ0n) is 13.7. The number of halogens is 1. The molecule has 25 heavy (non-hydrogen) atoms. The summed E-state index contributed by atoms with van der Waals surface area (Å²) >= 11 is 6.14. The summed E-state index contributed by atoms with van der Waals surface area (Å²) in [6.07, 6.45) is 1.75. The van der Waals surface area contributed by atoms with E-state index in [9.17, 15) is 13.2 Å². The Kier molecular flexibility index (Phi) is 5.13. The molecule has 1 aliphatic carbocycles. The molecule has 1 amide bonds. The molecular weight excluding hydrogens is 360 g/mol. The van der Waals surface area contributed by atoms with Gasteiger partial charge in [-0.3, -0.25) is 4.79 Å². The Labute approximate surface area is 152 Å². The molecule has 0 spiro atoms. The van der Waals surface area contributed by atoms with E-state index in [0.29, 0.717) is 10.6 Å². The summed E-state index contributed by atoms with van der Waals surface area (Å²) in [4.78, 5) is 12.5. The minimum atomic E-state index is -3.51. The predicted octanol–water partition coefficient (Wildman–Crippen LogP) is 3.27. The molecule has 0 unspecified atom stereocenters. The fraction of sp³-hybridized carbons (Fsp3) is 0.278. The minimum absolute atomic E-state index is 0.0458. The van der Waals surface area contributed by atoms with Gasteiger partial charge in [0.25, 0.3) is 5.91 Å². The van der Waals surface area contributed by atoms with Crippen LogP contribution in [0.3, 0.4) is 0 Å². The first-order valence-corrected chi connectivity index (χ1v) is 9.90. The molecule has 3 rings (SSSR count). The largest absolute Gasteiger partial charge is 0.345 e. The molecule has 1 fully saturated rings. The lowest BCUT2D eigenvalue weighted by Gasteiger charge is -2.16. The fourth-order valence-electron chi connectivity index (χ4n) is 2.46. The number of amides is 1. The summed E-state index contributed by atoms with van der Waals surface area (Å²) in [6, 6.07) is 13.0. The molecule has 0 heterocycles. The molecule has 2 aromatic rings. The normalized spacial score (nSPS) is 15.6. The maximum absolute atomic E-state index is 12.4. The molecule has 1 saturated carbocycles. The van der Waals surface area contributed by atoms with Gasteiger partial charge in [0.15, 0.2) is 0 Å². The highest BCUT2D eigenvalue weighted by molar-refractivity contribution is 7.89. The van der Waals surface area contributed by atoms with Gasteiger partial charge in [0.2, 0.25) is 10.0 Å². The maximum atomic E-state index is 12.4. The van der Waals surface area contributed by atoms with Crippen molar-refractivity contribution in [1.29, 1.82) is 0 Å². The van der Waals surface area contributed by atoms with Crippen molar-refractivity contribution in [2.24, 2.45) is 0 Å². The number of rotatable bonds is 6. The lowest BCUT2D eigenvalue weighted by atomic mass is 10.1. The Morgan fingerprint density at radius 2 is 1.76 bits per heavy atom. The molecule has 1 aliphatic rings. The van der Waals surface area contributed by atoms with E-state index in [0.717, 1.165) is 18.4 Å². The Balaban J connectivity index is 1.69. The first-order valence-electron chi connectivity index (χ1n) is 8.04. The minimum Gasteiger partial charge on any atom is -0.345 e. The third kappa shape index (κ3) is 4.39. The molecule has 2 N–H and O–H groups in total. The van der Waals surface area contributed by atoms with Crippen molar-refractivity contribution < 1.29 is 13.2 Å². The third-order valence-corrected chi connectivity index (χ3v) is 5.93. The SMILES string of the molecule is C[C@H](NC(=O)c1ccc(S(=O)(=O)NC2CC2)cc1)c1ccccc1Cl. The van der Waals surface area contributed by atoms with E-state index >= 15 is 0 Å². The summed E-state index contributed by atoms with van der Waals surface area (Å²) < 4.78 is 26.9. The summed E-state index contributed by atoms with van der Waals surface area (Å²) in [5, 5.41) is 3.45. The molecule has 7 heteroatoms. The Bertz CT molecular complexity index is 877. The molecule has 0 radical (unpaired) electrons. The van der Waals surface area contributed by atoms with E-state index in [1.807, 2.05) is 25.1 Å². The smallest absolute Gasteiger partial charge is 0.251 e. The van der Waals surface area contributed by atoms with Crippen LogP contribution in [-0.2, 0) is 10.0 Å². The average molecular weight is 379 g/mol. The van der Waals surface area contributed by atoms with Crippen LogP contribution in [0.15, 0.2) is 53.4 Å². The van der Waals surface area contributed by atoms with Crippen molar-refractivity contribution >= 4 is 27.5 Å². The van der Waals surface area contributed by atoms with Crippen LogP contribution in [0.2, 0.25) is 5.02 Å². The van der Waals surface area contributed by atoms with Crippen LogP contribution in [0.4, 0.5) is 0 Å². The van der Waals surface area contributed by atoms with Gasteiger partial charge in [-0.2, -0.15) is 0 Å². The molecule has 0 aliphatic heterocycles. The van der Waals surface area contributed by atoms with E-state index in [2.05, 4.69) is 10.0 Å². The zero-order chi connectivity index (χ0) is 18.0. The number of benzene rings is 2. The van der Waals surface area contributed by atoms with Crippen LogP contribution in [0.25, 0.3) is 0 Å². The lowest BCUT2D eigenvalue weighted by Crippen LogP contribution is -2.27. The molecule has 0 bridgehead atoms. The second-order valence-electron chi connectivity index (χ2n) is 6.14. The van der Waals surface area contributed by atoms with Crippen LogP contribution in [0, 0.1) is 0 Å². The topological polar surface area (TPSA) is 75.3 Å². The first kappa shape index (κ1) is 17.9. The van der Waals surface area contributed by atoms with Crippen molar-refractivity contribution in [3.63, 3.8) is 0 Å². The fourth-order valence-corrected chi connectivity index (χ4v) is 4.06. The lowest BCUT2D eigenvalue weighted by molar-refractivity contribution is 0.0940. The van der Waals surface area contributed by atoms with Crippen LogP contribution in [-0.4, -0.2) is 20.4 Å². The first-order chi connectivity index (χ1) is 11.9. The highest BCUT2D eigenvalue weighted by atomic mass is 35.5. The Hall–Kier alpha value is -1.89. The number of carbonyl (C=O) groups excluding carboxylic acids is 1. The number of carbonyl (C=O) groups is 1. The van der Waals surface area contributed by atoms with E-state index in [-0.39, 0.29) is 22.9 Å². The van der Waals surface area contributed by atoms with Crippen LogP contribution >= 0.6 is 11.6 Å². The van der Waals surface area contributed by atoms with E-state index in [4.69, 9.17) is 11.6 Å². The summed E-state index contributed by atoms with van der Waals surface area (Å²) in [7, 11) is -3.51. The summed E-state index contributed by atoms with van der Waals surface area (Å²) in [5.74, 6) is -0.286. The van der Waals surface area contributed by atoms with Gasteiger partial charge < -0.3 is 5.32 Å². The molecule has 132 valence electrons. The highest BCUT2D eigenvalue weighted by Crippen LogP contribution is 2.24. The van der Waals surface area contributed by atoms with Gasteiger partial charge >= 0.3 is 0 Å². The van der Waals surface area contributed by atoms with Crippen LogP contribution < -0.4 is 10.0 Å². The van der Waals surface area contributed by atoms with E-state index in [1.54, 1.807) is 6.07 Å². The van der Waals surface area contributed by atoms with Gasteiger partial charge in [0.1, 0.15) is 0 Å². The van der Waals surface area contributed by atoms with E-state index < -0.39 is 10.0 Å². The number of hydrogen-bond donors (Lipinski definition) is 2. The average Bonchev–Trinajstić information content (AvgIpc) is 3.38. The molecular formula is C18H19ClN2O3S. The second-order valence-corrected chi connectivity index (χ2v) is 8.26. The zero-order valence-corrected chi connectivity index (χ0v) is 15.3. The number of sulfonamides is 1. The molecule has 5 nitrogen and oxygen atoms in total. The van der Waals surface area contributed by atoms with Gasteiger partial charge in [-0.05, 0) is 55.7 Å². The molecule has 1 atom stereocenters. The van der Waals surface area contributed by atoms with Crippen molar-refractivity contribution in [1.82, 2.24) is 10.0 Å². The summed E-state index contributed by atoms with van der Waals surface area (Å²) in [6.45, 7) is 1.84. The highest BCUT2D eigenvalue weighted by Gasteiger charge is 2.28. The van der Waals surface area contributed by atoms with Crippen molar-refractivity contribution in [3.8, 4) is 0 Å². The maximum Gasteiger partial charge on any atom is 0.251 e.